The van der Waals surface area contributed by atoms with Crippen molar-refractivity contribution in [1.82, 2.24) is 15.5 Å². The quantitative estimate of drug-likeness (QED) is 0.309. The van der Waals surface area contributed by atoms with Crippen molar-refractivity contribution < 1.29 is 14.7 Å². The lowest BCUT2D eigenvalue weighted by Crippen LogP contribution is -2.51. The molecule has 2 rings (SSSR count). The second-order valence-corrected chi connectivity index (χ2v) is 10.7. The summed E-state index contributed by atoms with van der Waals surface area (Å²) in [7, 11) is 0. The van der Waals surface area contributed by atoms with Crippen LogP contribution in [0.3, 0.4) is 0 Å². The number of allylic oxidation sites excluding steroid dienone is 1. The van der Waals surface area contributed by atoms with Crippen LogP contribution < -0.4 is 10.6 Å². The van der Waals surface area contributed by atoms with Gasteiger partial charge in [-0.3, -0.25) is 10.1 Å². The van der Waals surface area contributed by atoms with E-state index in [1.807, 2.05) is 34.9 Å². The maximum Gasteiger partial charge on any atom is 0.323 e. The number of thiocarbonyl (C=S) groups is 1. The Labute approximate surface area is 205 Å². The minimum atomic E-state index is -0.874. The summed E-state index contributed by atoms with van der Waals surface area (Å²) in [4.78, 5) is 26.4. The van der Waals surface area contributed by atoms with Crippen LogP contribution >= 0.6 is 35.7 Å². The van der Waals surface area contributed by atoms with E-state index in [1.54, 1.807) is 13.1 Å². The average molecular weight is 496 g/mol. The fourth-order valence-corrected chi connectivity index (χ4v) is 5.06. The Morgan fingerprint density at radius 3 is 2.56 bits per heavy atom. The molecule has 32 heavy (non-hydrogen) atoms. The second-order valence-electron chi connectivity index (χ2n) is 7.99. The van der Waals surface area contributed by atoms with Gasteiger partial charge in [-0.15, -0.1) is 11.8 Å². The summed E-state index contributed by atoms with van der Waals surface area (Å²) in [6, 6.07) is 10.4. The highest BCUT2D eigenvalue weighted by atomic mass is 32.2. The van der Waals surface area contributed by atoms with Gasteiger partial charge in [0.1, 0.15) is 0 Å². The summed E-state index contributed by atoms with van der Waals surface area (Å²) in [6.45, 7) is 4.74. The number of amides is 2. The maximum absolute atomic E-state index is 13.0. The number of nitrogens with one attached hydrogen (secondary N) is 2. The molecule has 0 aromatic heterocycles. The molecule has 1 aliphatic carbocycles. The summed E-state index contributed by atoms with van der Waals surface area (Å²) in [5.41, 5.74) is 1.29. The lowest BCUT2D eigenvalue weighted by Gasteiger charge is -2.36. The number of carbonyl (C=O) groups excluding carboxylic acids is 1. The molecule has 0 radical (unpaired) electrons. The number of urea groups is 1. The Bertz CT molecular complexity index is 781. The van der Waals surface area contributed by atoms with Gasteiger partial charge in [0.15, 0.2) is 5.11 Å². The van der Waals surface area contributed by atoms with Crippen molar-refractivity contribution in [1.29, 1.82) is 0 Å². The van der Waals surface area contributed by atoms with Crippen molar-refractivity contribution in [3.05, 3.63) is 47.0 Å². The highest BCUT2D eigenvalue weighted by Crippen LogP contribution is 2.27. The van der Waals surface area contributed by atoms with E-state index >= 15 is 0 Å². The number of thioether (sulfide) groups is 2. The van der Waals surface area contributed by atoms with Crippen LogP contribution in [0, 0.1) is 5.92 Å². The van der Waals surface area contributed by atoms with E-state index in [4.69, 9.17) is 17.3 Å². The van der Waals surface area contributed by atoms with Gasteiger partial charge < -0.3 is 15.3 Å². The van der Waals surface area contributed by atoms with Gasteiger partial charge in [0.25, 0.3) is 0 Å². The highest BCUT2D eigenvalue weighted by molar-refractivity contribution is 8.03. The number of benzene rings is 1. The fraction of sp³-hybridized carbons (Fsp3) is 0.522. The third kappa shape index (κ3) is 10.3. The zero-order valence-corrected chi connectivity index (χ0v) is 21.2. The van der Waals surface area contributed by atoms with Gasteiger partial charge in [-0.2, -0.15) is 11.8 Å². The Balaban J connectivity index is 1.87. The van der Waals surface area contributed by atoms with E-state index in [1.165, 1.54) is 17.3 Å². The highest BCUT2D eigenvalue weighted by Gasteiger charge is 2.27. The molecule has 1 aromatic rings. The second kappa shape index (κ2) is 14.4. The Morgan fingerprint density at radius 1 is 1.22 bits per heavy atom. The predicted molar refractivity (Wildman–Crippen MR) is 139 cm³/mol. The molecule has 1 aliphatic rings. The topological polar surface area (TPSA) is 81.7 Å². The van der Waals surface area contributed by atoms with Crippen LogP contribution in [0.25, 0.3) is 0 Å². The molecule has 2 amide bonds. The number of carboxylic acid groups (broad SMARTS) is 1. The predicted octanol–water partition coefficient (Wildman–Crippen LogP) is 5.06. The van der Waals surface area contributed by atoms with Crippen LogP contribution in [0.2, 0.25) is 0 Å². The van der Waals surface area contributed by atoms with Crippen molar-refractivity contribution in [3.8, 4) is 0 Å². The number of hydrogen-bond donors (Lipinski definition) is 3. The number of carbonyl (C=O) groups is 2. The summed E-state index contributed by atoms with van der Waals surface area (Å²) in [5.74, 6) is 1.61. The Kier molecular flexibility index (Phi) is 12.0. The number of hydrogen-bond acceptors (Lipinski definition) is 5. The van der Waals surface area contributed by atoms with Crippen molar-refractivity contribution in [2.24, 2.45) is 5.92 Å². The number of aliphatic carboxylic acids is 1. The summed E-state index contributed by atoms with van der Waals surface area (Å²) < 4.78 is 0. The monoisotopic (exact) mass is 495 g/mol. The van der Waals surface area contributed by atoms with E-state index < -0.39 is 5.97 Å². The number of rotatable bonds is 10. The molecular formula is C23H33N3O3S3. The molecular weight excluding hydrogens is 462 g/mol. The van der Waals surface area contributed by atoms with Crippen molar-refractivity contribution in [3.63, 3.8) is 0 Å². The molecule has 0 aliphatic heterocycles. The third-order valence-electron chi connectivity index (χ3n) is 5.33. The van der Waals surface area contributed by atoms with Gasteiger partial charge in [-0.25, -0.2) is 4.79 Å². The number of carboxylic acids is 1. The molecule has 6 nitrogen and oxygen atoms in total. The lowest BCUT2D eigenvalue weighted by atomic mass is 9.86. The van der Waals surface area contributed by atoms with Crippen molar-refractivity contribution >= 4 is 52.9 Å². The SMILES string of the molecule is C/C(=C\NC(=S)NC(=O)N(CCSCc1ccccc1)C1CCC(C)CC1)SCC(=O)O. The van der Waals surface area contributed by atoms with Gasteiger partial charge in [-0.05, 0) is 61.2 Å². The van der Waals surface area contributed by atoms with Gasteiger partial charge in [0.2, 0.25) is 0 Å². The van der Waals surface area contributed by atoms with Gasteiger partial charge in [0, 0.05) is 30.3 Å². The van der Waals surface area contributed by atoms with E-state index in [2.05, 4.69) is 29.7 Å². The molecule has 3 N–H and O–H groups in total. The van der Waals surface area contributed by atoms with Crippen LogP contribution in [0.15, 0.2) is 41.4 Å². The molecule has 0 bridgehead atoms. The largest absolute Gasteiger partial charge is 0.481 e. The maximum atomic E-state index is 13.0. The van der Waals surface area contributed by atoms with Gasteiger partial charge in [-0.1, -0.05) is 37.3 Å². The average Bonchev–Trinajstić information content (AvgIpc) is 2.77. The lowest BCUT2D eigenvalue weighted by molar-refractivity contribution is -0.133. The van der Waals surface area contributed by atoms with E-state index in [9.17, 15) is 9.59 Å². The van der Waals surface area contributed by atoms with Crippen LogP contribution in [0.5, 0.6) is 0 Å². The first-order valence-corrected chi connectivity index (χ1v) is 13.4. The normalized spacial score (nSPS) is 18.6. The molecule has 1 fully saturated rings. The van der Waals surface area contributed by atoms with Crippen LogP contribution in [-0.2, 0) is 10.5 Å². The molecule has 1 saturated carbocycles. The van der Waals surface area contributed by atoms with Crippen molar-refractivity contribution in [2.45, 2.75) is 51.3 Å². The minimum Gasteiger partial charge on any atom is -0.481 e. The zero-order valence-electron chi connectivity index (χ0n) is 18.7. The van der Waals surface area contributed by atoms with Crippen LogP contribution in [0.4, 0.5) is 4.79 Å². The summed E-state index contributed by atoms with van der Waals surface area (Å²) >= 11 is 8.30. The molecule has 0 atom stereocenters. The van der Waals surface area contributed by atoms with Crippen molar-refractivity contribution in [2.75, 3.05) is 18.1 Å². The van der Waals surface area contributed by atoms with E-state index in [-0.39, 0.29) is 22.9 Å². The minimum absolute atomic E-state index is 0.0162. The molecule has 1 aromatic carbocycles. The Morgan fingerprint density at radius 2 is 1.91 bits per heavy atom. The molecule has 176 valence electrons. The molecule has 0 saturated heterocycles. The molecule has 0 spiro atoms. The van der Waals surface area contributed by atoms with Crippen LogP contribution in [-0.4, -0.2) is 51.2 Å². The standard InChI is InChI=1S/C23H33N3O3S3/c1-17-8-10-20(11-9-17)26(12-13-31-15-19-6-4-3-5-7-19)23(29)25-22(30)24-14-18(2)32-16-21(27)28/h3-7,14,17,20H,8-13,15-16H2,1-2H3,(H,27,28)(H2,24,25,29,30)/b18-14+. The van der Waals surface area contributed by atoms with E-state index in [0.29, 0.717) is 12.5 Å². The molecule has 9 heteroatoms. The first-order valence-electron chi connectivity index (χ1n) is 10.9. The zero-order chi connectivity index (χ0) is 23.3. The first-order chi connectivity index (χ1) is 15.3. The Hall–Kier alpha value is -1.71. The molecule has 0 heterocycles. The smallest absolute Gasteiger partial charge is 0.323 e. The summed E-state index contributed by atoms with van der Waals surface area (Å²) in [6.07, 6.45) is 5.93. The van der Waals surface area contributed by atoms with Gasteiger partial charge in [0.05, 0.1) is 5.75 Å². The first kappa shape index (κ1) is 26.5. The molecule has 0 unspecified atom stereocenters. The third-order valence-corrected chi connectivity index (χ3v) is 7.52. The van der Waals surface area contributed by atoms with E-state index in [0.717, 1.165) is 42.1 Å². The fourth-order valence-electron chi connectivity index (χ4n) is 3.52. The summed E-state index contributed by atoms with van der Waals surface area (Å²) in [5, 5.41) is 14.7. The van der Waals surface area contributed by atoms with Crippen LogP contribution in [0.1, 0.15) is 45.1 Å². The van der Waals surface area contributed by atoms with Gasteiger partial charge >= 0.3 is 12.0 Å². The number of nitrogens with zero attached hydrogens (tertiary/aromatic N) is 1.